The summed E-state index contributed by atoms with van der Waals surface area (Å²) in [5, 5.41) is 0. The molecule has 2 aliphatic rings. The van der Waals surface area contributed by atoms with E-state index < -0.39 is 0 Å². The molecule has 7 heteroatoms. The van der Waals surface area contributed by atoms with Crippen molar-refractivity contribution < 1.29 is 9.59 Å². The molecule has 7 nitrogen and oxygen atoms in total. The largest absolute Gasteiger partial charge is 0.331 e. The van der Waals surface area contributed by atoms with E-state index in [1.54, 1.807) is 19.0 Å². The number of nitrogens with zero attached hydrogens (tertiary/aromatic N) is 5. The van der Waals surface area contributed by atoms with Crippen LogP contribution in [0.15, 0.2) is 53.5 Å². The summed E-state index contributed by atoms with van der Waals surface area (Å²) in [6.07, 6.45) is 0. The van der Waals surface area contributed by atoms with Gasteiger partial charge in [-0.3, -0.25) is 9.89 Å². The van der Waals surface area contributed by atoms with Crippen LogP contribution in [0.3, 0.4) is 0 Å². The van der Waals surface area contributed by atoms with Gasteiger partial charge in [0.2, 0.25) is 0 Å². The second-order valence-corrected chi connectivity index (χ2v) is 12.5. The Morgan fingerprint density at radius 1 is 0.651 bits per heavy atom. The van der Waals surface area contributed by atoms with Crippen molar-refractivity contribution in [2.24, 2.45) is 4.99 Å². The average molecular weight is 580 g/mol. The molecule has 3 aromatic rings. The summed E-state index contributed by atoms with van der Waals surface area (Å²) in [5.41, 5.74) is 11.6. The molecule has 1 saturated heterocycles. The van der Waals surface area contributed by atoms with Gasteiger partial charge in [-0.2, -0.15) is 0 Å². The van der Waals surface area contributed by atoms with Gasteiger partial charge in [-0.05, 0) is 87.4 Å². The normalized spacial score (nSPS) is 18.6. The molecule has 2 heterocycles. The highest BCUT2D eigenvalue weighted by molar-refractivity contribution is 6.11. The van der Waals surface area contributed by atoms with E-state index in [4.69, 9.17) is 4.99 Å². The van der Waals surface area contributed by atoms with Crippen molar-refractivity contribution in [2.75, 3.05) is 40.3 Å². The maximum Gasteiger partial charge on any atom is 0.326 e. The summed E-state index contributed by atoms with van der Waals surface area (Å²) in [5.74, 6) is 0.731. The predicted molar refractivity (Wildman–Crippen MR) is 174 cm³/mol. The van der Waals surface area contributed by atoms with Crippen LogP contribution in [0.4, 0.5) is 9.59 Å². The van der Waals surface area contributed by atoms with Gasteiger partial charge in [-0.1, -0.05) is 59.7 Å². The first-order valence-electron chi connectivity index (χ1n) is 15.2. The van der Waals surface area contributed by atoms with Crippen molar-refractivity contribution >= 4 is 17.9 Å². The fraction of sp³-hybridized carbons (Fsp3) is 0.417. The number of hydrogen-bond acceptors (Lipinski definition) is 3. The van der Waals surface area contributed by atoms with Gasteiger partial charge in [0, 0.05) is 45.8 Å². The molecule has 0 spiro atoms. The zero-order valence-corrected chi connectivity index (χ0v) is 27.2. The number of rotatable bonds is 3. The van der Waals surface area contributed by atoms with Crippen LogP contribution >= 0.6 is 0 Å². The molecule has 0 radical (unpaired) electrons. The zero-order valence-electron chi connectivity index (χ0n) is 27.2. The van der Waals surface area contributed by atoms with Gasteiger partial charge in [-0.15, -0.1) is 0 Å². The molecule has 2 aliphatic heterocycles. The van der Waals surface area contributed by atoms with Gasteiger partial charge >= 0.3 is 12.1 Å². The first-order valence-corrected chi connectivity index (χ1v) is 15.2. The van der Waals surface area contributed by atoms with Gasteiger partial charge in [0.05, 0.1) is 6.04 Å². The molecule has 0 aromatic heterocycles. The molecule has 0 saturated carbocycles. The molecule has 2 atom stereocenters. The number of aryl methyl sites for hydroxylation is 2. The number of carbonyl (C=O) groups is 2. The van der Waals surface area contributed by atoms with Crippen LogP contribution in [0.2, 0.25) is 0 Å². The molecule has 1 fully saturated rings. The zero-order chi connectivity index (χ0) is 31.2. The number of hydrogen-bond donors (Lipinski definition) is 0. The predicted octanol–water partition coefficient (Wildman–Crippen LogP) is 6.81. The highest BCUT2D eigenvalue weighted by atomic mass is 16.2. The van der Waals surface area contributed by atoms with E-state index in [-0.39, 0.29) is 24.1 Å². The van der Waals surface area contributed by atoms with Crippen LogP contribution in [0.5, 0.6) is 0 Å². The third kappa shape index (κ3) is 5.53. The second kappa shape index (κ2) is 11.9. The van der Waals surface area contributed by atoms with Crippen molar-refractivity contribution in [1.29, 1.82) is 0 Å². The first-order chi connectivity index (χ1) is 20.4. The summed E-state index contributed by atoms with van der Waals surface area (Å²) in [7, 11) is 3.53. The van der Waals surface area contributed by atoms with Gasteiger partial charge in [0.15, 0.2) is 0 Å². The Hall–Kier alpha value is -4.13. The monoisotopic (exact) mass is 579 g/mol. The van der Waals surface area contributed by atoms with E-state index in [0.29, 0.717) is 26.2 Å². The Morgan fingerprint density at radius 3 is 1.58 bits per heavy atom. The number of amides is 4. The van der Waals surface area contributed by atoms with E-state index in [1.807, 2.05) is 14.7 Å². The summed E-state index contributed by atoms with van der Waals surface area (Å²) < 4.78 is 0. The third-order valence-electron chi connectivity index (χ3n) is 9.54. The quantitative estimate of drug-likeness (QED) is 0.342. The Bertz CT molecular complexity index is 1540. The third-order valence-corrected chi connectivity index (χ3v) is 9.54. The first kappa shape index (κ1) is 30.3. The lowest BCUT2D eigenvalue weighted by Crippen LogP contribution is -2.56. The molecule has 226 valence electrons. The van der Waals surface area contributed by atoms with Crippen LogP contribution < -0.4 is 0 Å². The molecule has 0 aliphatic carbocycles. The van der Waals surface area contributed by atoms with E-state index in [0.717, 1.165) is 33.7 Å². The molecule has 2 unspecified atom stereocenters. The highest BCUT2D eigenvalue weighted by Gasteiger charge is 2.45. The second-order valence-electron chi connectivity index (χ2n) is 12.5. The van der Waals surface area contributed by atoms with Crippen molar-refractivity contribution in [3.05, 3.63) is 104 Å². The van der Waals surface area contributed by atoms with Crippen molar-refractivity contribution in [3.63, 3.8) is 0 Å². The molecule has 3 aromatic carbocycles. The molecule has 43 heavy (non-hydrogen) atoms. The summed E-state index contributed by atoms with van der Waals surface area (Å²) in [4.78, 5) is 40.2. The number of carbonyl (C=O) groups excluding carboxylic acids is 2. The van der Waals surface area contributed by atoms with Crippen molar-refractivity contribution in [2.45, 2.75) is 60.5 Å². The molecule has 0 bridgehead atoms. The average Bonchev–Trinajstić information content (AvgIpc) is 3.39. The molecular formula is C36H45N5O2. The molecule has 4 amide bonds. The Kier molecular flexibility index (Phi) is 8.37. The Morgan fingerprint density at radius 2 is 1.09 bits per heavy atom. The maximum atomic E-state index is 14.8. The topological polar surface area (TPSA) is 59.5 Å². The fourth-order valence-electron chi connectivity index (χ4n) is 6.41. The highest BCUT2D eigenvalue weighted by Crippen LogP contribution is 2.45. The van der Waals surface area contributed by atoms with E-state index in [9.17, 15) is 9.59 Å². The minimum absolute atomic E-state index is 0.0238. The summed E-state index contributed by atoms with van der Waals surface area (Å²) in [6, 6.07) is 16.4. The SMILES string of the molecule is Cc1ccc(C2N=C(c3c(C)c(C)c(C)c(C)c3C)N(C(=O)N3CCN(C(=O)N(C)C)CC3)C2c2ccc(C)cc2)cc1. The van der Waals surface area contributed by atoms with Crippen molar-refractivity contribution in [1.82, 2.24) is 19.6 Å². The summed E-state index contributed by atoms with van der Waals surface area (Å²) >= 11 is 0. The van der Waals surface area contributed by atoms with E-state index >= 15 is 0 Å². The Balaban J connectivity index is 1.66. The molecule has 5 rings (SSSR count). The van der Waals surface area contributed by atoms with Crippen LogP contribution in [-0.4, -0.2) is 77.8 Å². The van der Waals surface area contributed by atoms with E-state index in [1.165, 1.54) is 27.8 Å². The lowest BCUT2D eigenvalue weighted by Gasteiger charge is -2.40. The minimum atomic E-state index is -0.312. The number of benzene rings is 3. The number of urea groups is 2. The van der Waals surface area contributed by atoms with Gasteiger partial charge in [0.1, 0.15) is 11.9 Å². The summed E-state index contributed by atoms with van der Waals surface area (Å²) in [6.45, 7) is 16.9. The number of amidine groups is 1. The van der Waals surface area contributed by atoms with Crippen LogP contribution in [-0.2, 0) is 0 Å². The van der Waals surface area contributed by atoms with Gasteiger partial charge in [0.25, 0.3) is 0 Å². The van der Waals surface area contributed by atoms with Gasteiger partial charge < -0.3 is 14.7 Å². The van der Waals surface area contributed by atoms with Gasteiger partial charge in [-0.25, -0.2) is 9.59 Å². The fourth-order valence-corrected chi connectivity index (χ4v) is 6.41. The van der Waals surface area contributed by atoms with Crippen LogP contribution in [0.25, 0.3) is 0 Å². The maximum absolute atomic E-state index is 14.8. The van der Waals surface area contributed by atoms with Crippen LogP contribution in [0, 0.1) is 48.5 Å². The van der Waals surface area contributed by atoms with E-state index in [2.05, 4.69) is 97.0 Å². The molecular weight excluding hydrogens is 534 g/mol. The van der Waals surface area contributed by atoms with Crippen molar-refractivity contribution in [3.8, 4) is 0 Å². The smallest absolute Gasteiger partial charge is 0.326 e. The standard InChI is InChI=1S/C36H45N5O2/c1-22-10-14-29(15-11-22)32-33(30-16-12-23(2)13-17-30)41(36(43)40-20-18-39(19-21-40)35(42)38(8)9)34(37-32)31-27(6)25(4)24(3)26(5)28(31)7/h10-17,32-33H,18-21H2,1-9H3. The lowest BCUT2D eigenvalue weighted by atomic mass is 9.88. The molecule has 0 N–H and O–H groups in total. The number of aliphatic imine (C=N–C) groups is 1. The number of piperazine rings is 1. The minimum Gasteiger partial charge on any atom is -0.331 e. The van der Waals surface area contributed by atoms with Crippen LogP contribution in [0.1, 0.15) is 67.7 Å². The lowest BCUT2D eigenvalue weighted by molar-refractivity contribution is 0.116. The Labute approximate surface area is 256 Å².